The Kier molecular flexibility index (Phi) is 4.73. The standard InChI is InChI=1S/C16H8Cl2FNOS2/c17-10-6-11(18)8-13(7-10)20-15(21)14(23-16(20)22)5-9-1-3-12(19)4-2-9/h1-8H. The van der Waals surface area contributed by atoms with Gasteiger partial charge in [-0.1, -0.05) is 59.3 Å². The van der Waals surface area contributed by atoms with E-state index < -0.39 is 0 Å². The van der Waals surface area contributed by atoms with Crippen LogP contribution in [0.25, 0.3) is 6.08 Å². The molecule has 0 unspecified atom stereocenters. The maximum atomic E-state index is 13.0. The number of benzene rings is 2. The molecule has 3 rings (SSSR count). The third-order valence-corrected chi connectivity index (χ3v) is 4.81. The van der Waals surface area contributed by atoms with E-state index in [0.717, 1.165) is 5.56 Å². The Bertz CT molecular complexity index is 816. The number of rotatable bonds is 2. The van der Waals surface area contributed by atoms with Crippen molar-refractivity contribution >= 4 is 69.2 Å². The van der Waals surface area contributed by atoms with Crippen LogP contribution < -0.4 is 4.90 Å². The molecule has 1 aliphatic rings. The Morgan fingerprint density at radius 2 is 1.70 bits per heavy atom. The third kappa shape index (κ3) is 3.58. The molecule has 1 amide bonds. The summed E-state index contributed by atoms with van der Waals surface area (Å²) in [5, 5.41) is 0.841. The van der Waals surface area contributed by atoms with E-state index in [9.17, 15) is 9.18 Å². The Balaban J connectivity index is 1.95. The van der Waals surface area contributed by atoms with Gasteiger partial charge in [0, 0.05) is 10.0 Å². The van der Waals surface area contributed by atoms with E-state index in [0.29, 0.717) is 25.0 Å². The van der Waals surface area contributed by atoms with Gasteiger partial charge in [-0.3, -0.25) is 9.69 Å². The molecule has 2 aromatic carbocycles. The number of carbonyl (C=O) groups is 1. The fourth-order valence-corrected chi connectivity index (χ4v) is 3.88. The summed E-state index contributed by atoms with van der Waals surface area (Å²) in [5.41, 5.74) is 1.24. The van der Waals surface area contributed by atoms with Crippen molar-refractivity contribution in [2.24, 2.45) is 0 Å². The van der Waals surface area contributed by atoms with Gasteiger partial charge in [0.05, 0.1) is 10.6 Å². The van der Waals surface area contributed by atoms with Gasteiger partial charge in [0.15, 0.2) is 4.32 Å². The van der Waals surface area contributed by atoms with Gasteiger partial charge in [0.25, 0.3) is 5.91 Å². The summed E-state index contributed by atoms with van der Waals surface area (Å²) in [6.45, 7) is 0. The molecule has 0 radical (unpaired) electrons. The minimum absolute atomic E-state index is 0.261. The summed E-state index contributed by atoms with van der Waals surface area (Å²) in [6, 6.07) is 10.7. The van der Waals surface area contributed by atoms with E-state index in [2.05, 4.69) is 0 Å². The van der Waals surface area contributed by atoms with Gasteiger partial charge >= 0.3 is 0 Å². The average Bonchev–Trinajstić information content (AvgIpc) is 2.75. The minimum atomic E-state index is -0.330. The number of thioether (sulfide) groups is 1. The van der Waals surface area contributed by atoms with Gasteiger partial charge < -0.3 is 0 Å². The van der Waals surface area contributed by atoms with Gasteiger partial charge in [-0.05, 0) is 42.0 Å². The lowest BCUT2D eigenvalue weighted by Gasteiger charge is -2.15. The van der Waals surface area contributed by atoms with Crippen molar-refractivity contribution in [2.75, 3.05) is 4.90 Å². The monoisotopic (exact) mass is 383 g/mol. The highest BCUT2D eigenvalue weighted by Gasteiger charge is 2.33. The van der Waals surface area contributed by atoms with Crippen LogP contribution in [0, 0.1) is 5.82 Å². The van der Waals surface area contributed by atoms with Crippen molar-refractivity contribution in [2.45, 2.75) is 0 Å². The van der Waals surface area contributed by atoms with E-state index in [4.69, 9.17) is 35.4 Å². The van der Waals surface area contributed by atoms with E-state index in [1.807, 2.05) is 0 Å². The van der Waals surface area contributed by atoms with Crippen molar-refractivity contribution in [1.82, 2.24) is 0 Å². The van der Waals surface area contributed by atoms with Gasteiger partial charge in [-0.2, -0.15) is 0 Å². The lowest BCUT2D eigenvalue weighted by Crippen LogP contribution is -2.27. The zero-order chi connectivity index (χ0) is 16.6. The smallest absolute Gasteiger partial charge is 0.268 e. The number of amides is 1. The summed E-state index contributed by atoms with van der Waals surface area (Å²) in [4.78, 5) is 14.4. The zero-order valence-corrected chi connectivity index (χ0v) is 14.6. The molecule has 7 heteroatoms. The van der Waals surface area contributed by atoms with E-state index in [1.165, 1.54) is 28.8 Å². The molecule has 0 spiro atoms. The molecule has 1 fully saturated rings. The molecule has 0 atom stereocenters. The number of hydrogen-bond acceptors (Lipinski definition) is 3. The SMILES string of the molecule is O=C1C(=Cc2ccc(F)cc2)SC(=S)N1c1cc(Cl)cc(Cl)c1. The lowest BCUT2D eigenvalue weighted by molar-refractivity contribution is -0.113. The largest absolute Gasteiger partial charge is 0.270 e. The summed E-state index contributed by atoms with van der Waals surface area (Å²) in [6.07, 6.45) is 1.67. The topological polar surface area (TPSA) is 20.3 Å². The quantitative estimate of drug-likeness (QED) is 0.501. The van der Waals surface area contributed by atoms with Crippen molar-refractivity contribution in [3.63, 3.8) is 0 Å². The van der Waals surface area contributed by atoms with Crippen LogP contribution in [-0.2, 0) is 4.79 Å². The first-order valence-electron chi connectivity index (χ1n) is 6.44. The summed E-state index contributed by atoms with van der Waals surface area (Å²) in [7, 11) is 0. The molecule has 0 saturated carbocycles. The Morgan fingerprint density at radius 1 is 1.09 bits per heavy atom. The van der Waals surface area contributed by atoms with E-state index >= 15 is 0 Å². The normalized spacial score (nSPS) is 16.5. The molecule has 2 aromatic rings. The van der Waals surface area contributed by atoms with Crippen molar-refractivity contribution in [3.05, 3.63) is 68.8 Å². The van der Waals surface area contributed by atoms with Crippen LogP contribution in [0.15, 0.2) is 47.4 Å². The number of thiocarbonyl (C=S) groups is 1. The molecule has 0 aliphatic carbocycles. The molecule has 23 heavy (non-hydrogen) atoms. The first kappa shape index (κ1) is 16.5. The molecule has 0 aromatic heterocycles. The molecule has 0 bridgehead atoms. The zero-order valence-electron chi connectivity index (χ0n) is 11.4. The first-order valence-corrected chi connectivity index (χ1v) is 8.42. The van der Waals surface area contributed by atoms with Crippen molar-refractivity contribution in [1.29, 1.82) is 0 Å². The second-order valence-corrected chi connectivity index (χ2v) is 7.24. The van der Waals surface area contributed by atoms with Crippen LogP contribution in [0.4, 0.5) is 10.1 Å². The number of anilines is 1. The average molecular weight is 384 g/mol. The van der Waals surface area contributed by atoms with Crippen LogP contribution >= 0.6 is 47.2 Å². The van der Waals surface area contributed by atoms with Gasteiger partial charge in [-0.15, -0.1) is 0 Å². The van der Waals surface area contributed by atoms with Crippen LogP contribution in [0.5, 0.6) is 0 Å². The molecule has 0 N–H and O–H groups in total. The number of hydrogen-bond donors (Lipinski definition) is 0. The minimum Gasteiger partial charge on any atom is -0.268 e. The highest BCUT2D eigenvalue weighted by atomic mass is 35.5. The lowest BCUT2D eigenvalue weighted by atomic mass is 10.2. The van der Waals surface area contributed by atoms with Crippen LogP contribution in [0.1, 0.15) is 5.56 Å². The van der Waals surface area contributed by atoms with E-state index in [1.54, 1.807) is 36.4 Å². The molecule has 1 saturated heterocycles. The fraction of sp³-hybridized carbons (Fsp3) is 0. The third-order valence-electron chi connectivity index (χ3n) is 3.07. The Hall–Kier alpha value is -1.40. The van der Waals surface area contributed by atoms with Crippen LogP contribution in [-0.4, -0.2) is 10.2 Å². The molecule has 1 aliphatic heterocycles. The van der Waals surface area contributed by atoms with Gasteiger partial charge in [0.1, 0.15) is 5.82 Å². The molecular formula is C16H8Cl2FNOS2. The summed E-state index contributed by atoms with van der Waals surface area (Å²) >= 11 is 18.4. The Labute approximate surface area is 151 Å². The second-order valence-electron chi connectivity index (χ2n) is 4.70. The summed E-state index contributed by atoms with van der Waals surface area (Å²) < 4.78 is 13.3. The molecule has 2 nitrogen and oxygen atoms in total. The maximum Gasteiger partial charge on any atom is 0.270 e. The Morgan fingerprint density at radius 3 is 2.30 bits per heavy atom. The first-order chi connectivity index (χ1) is 10.9. The number of halogens is 3. The highest BCUT2D eigenvalue weighted by molar-refractivity contribution is 8.27. The highest BCUT2D eigenvalue weighted by Crippen LogP contribution is 2.37. The molecule has 1 heterocycles. The van der Waals surface area contributed by atoms with Crippen LogP contribution in [0.3, 0.4) is 0 Å². The van der Waals surface area contributed by atoms with Gasteiger partial charge in [0.2, 0.25) is 0 Å². The van der Waals surface area contributed by atoms with Crippen molar-refractivity contribution in [3.8, 4) is 0 Å². The molecule has 116 valence electrons. The van der Waals surface area contributed by atoms with Crippen molar-refractivity contribution < 1.29 is 9.18 Å². The van der Waals surface area contributed by atoms with Gasteiger partial charge in [-0.25, -0.2) is 4.39 Å². The summed E-state index contributed by atoms with van der Waals surface area (Å²) in [5.74, 6) is -0.592. The number of nitrogens with zero attached hydrogens (tertiary/aromatic N) is 1. The molecular weight excluding hydrogens is 376 g/mol. The van der Waals surface area contributed by atoms with Crippen LogP contribution in [0.2, 0.25) is 10.0 Å². The number of carbonyl (C=O) groups excluding carboxylic acids is 1. The maximum absolute atomic E-state index is 13.0. The predicted octanol–water partition coefficient (Wildman–Crippen LogP) is 5.54. The fourth-order valence-electron chi connectivity index (χ4n) is 2.07. The van der Waals surface area contributed by atoms with E-state index in [-0.39, 0.29) is 11.7 Å². The second kappa shape index (κ2) is 6.61. The predicted molar refractivity (Wildman–Crippen MR) is 98.5 cm³/mol.